The van der Waals surface area contributed by atoms with Crippen LogP contribution in [-0.4, -0.2) is 41.3 Å². The van der Waals surface area contributed by atoms with E-state index in [1.807, 2.05) is 48.5 Å². The minimum absolute atomic E-state index is 0.0130. The topological polar surface area (TPSA) is 115 Å². The van der Waals surface area contributed by atoms with Gasteiger partial charge in [-0.05, 0) is 34.4 Å². The maximum absolute atomic E-state index is 12.8. The predicted octanol–water partition coefficient (Wildman–Crippen LogP) is 4.48. The number of ether oxygens (including phenoxy) is 2. The molecule has 8 heteroatoms. The highest BCUT2D eigenvalue weighted by atomic mass is 16.5. The molecule has 3 aromatic rings. The summed E-state index contributed by atoms with van der Waals surface area (Å²) in [6, 6.07) is 17.6. The molecule has 1 amide bonds. The first-order chi connectivity index (χ1) is 17.0. The molecular weight excluding hydrogens is 448 g/mol. The van der Waals surface area contributed by atoms with Crippen LogP contribution < -0.4 is 5.32 Å². The Labute approximate surface area is 202 Å². The summed E-state index contributed by atoms with van der Waals surface area (Å²) in [4.78, 5) is 40.5. The van der Waals surface area contributed by atoms with E-state index < -0.39 is 24.1 Å². The molecule has 2 N–H and O–H groups in total. The van der Waals surface area contributed by atoms with Crippen LogP contribution in [-0.2, 0) is 14.3 Å². The highest BCUT2D eigenvalue weighted by Gasteiger charge is 2.30. The Morgan fingerprint density at radius 1 is 1.03 bits per heavy atom. The van der Waals surface area contributed by atoms with Gasteiger partial charge in [0.05, 0.1) is 23.7 Å². The lowest BCUT2D eigenvalue weighted by Crippen LogP contribution is -2.32. The van der Waals surface area contributed by atoms with Crippen molar-refractivity contribution in [1.29, 1.82) is 0 Å². The summed E-state index contributed by atoms with van der Waals surface area (Å²) in [6.07, 6.45) is 1.72. The molecule has 0 spiro atoms. The van der Waals surface area contributed by atoms with Gasteiger partial charge in [-0.2, -0.15) is 0 Å². The van der Waals surface area contributed by atoms with Crippen molar-refractivity contribution in [3.63, 3.8) is 0 Å². The molecule has 178 valence electrons. The molecule has 8 nitrogen and oxygen atoms in total. The molecule has 35 heavy (non-hydrogen) atoms. The largest absolute Gasteiger partial charge is 0.478 e. The zero-order valence-corrected chi connectivity index (χ0v) is 18.8. The van der Waals surface area contributed by atoms with E-state index in [0.29, 0.717) is 0 Å². The molecule has 0 aliphatic heterocycles. The maximum atomic E-state index is 12.8. The van der Waals surface area contributed by atoms with Gasteiger partial charge in [0.25, 0.3) is 0 Å². The Bertz CT molecular complexity index is 1230. The van der Waals surface area contributed by atoms with Crippen molar-refractivity contribution in [3.8, 4) is 11.1 Å². The van der Waals surface area contributed by atoms with Crippen LogP contribution in [0.4, 0.5) is 4.79 Å². The lowest BCUT2D eigenvalue weighted by molar-refractivity contribution is -0.143. The zero-order valence-electron chi connectivity index (χ0n) is 18.8. The number of amides is 1. The SMILES string of the molecule is C=CCOC(=O)CC(NC(=O)OCC1c2ccccc2-c2ccccc21)c1cc(C(=O)O)ccn1. The van der Waals surface area contributed by atoms with Crippen LogP contribution in [0.1, 0.15) is 45.6 Å². The van der Waals surface area contributed by atoms with E-state index in [2.05, 4.69) is 16.9 Å². The van der Waals surface area contributed by atoms with Crippen molar-refractivity contribution in [2.75, 3.05) is 13.2 Å². The first-order valence-electron chi connectivity index (χ1n) is 11.0. The molecule has 1 aliphatic rings. The molecule has 4 rings (SSSR count). The Balaban J connectivity index is 1.49. The smallest absolute Gasteiger partial charge is 0.407 e. The maximum Gasteiger partial charge on any atom is 0.407 e. The fraction of sp³-hybridized carbons (Fsp3) is 0.185. The van der Waals surface area contributed by atoms with Crippen LogP contribution in [0.5, 0.6) is 0 Å². The van der Waals surface area contributed by atoms with E-state index in [-0.39, 0.29) is 36.8 Å². The Morgan fingerprint density at radius 3 is 2.31 bits per heavy atom. The van der Waals surface area contributed by atoms with Crippen LogP contribution in [0.25, 0.3) is 11.1 Å². The number of aromatic carboxylic acids is 1. The summed E-state index contributed by atoms with van der Waals surface area (Å²) in [6.45, 7) is 3.61. The molecule has 0 radical (unpaired) electrons. The second-order valence-electron chi connectivity index (χ2n) is 7.97. The number of aromatic nitrogens is 1. The first-order valence-corrected chi connectivity index (χ1v) is 11.0. The Hall–Kier alpha value is -4.46. The third kappa shape index (κ3) is 5.38. The van der Waals surface area contributed by atoms with Crippen LogP contribution >= 0.6 is 0 Å². The minimum Gasteiger partial charge on any atom is -0.478 e. The summed E-state index contributed by atoms with van der Waals surface area (Å²) in [5, 5.41) is 11.9. The second kappa shape index (κ2) is 10.6. The molecule has 2 aromatic carbocycles. The molecule has 0 bridgehead atoms. The number of fused-ring (bicyclic) bond motifs is 3. The number of esters is 1. The molecule has 1 atom stereocenters. The van der Waals surface area contributed by atoms with E-state index in [9.17, 15) is 19.5 Å². The van der Waals surface area contributed by atoms with Crippen LogP contribution in [0, 0.1) is 0 Å². The number of carbonyl (C=O) groups excluding carboxylic acids is 2. The minimum atomic E-state index is -1.15. The van der Waals surface area contributed by atoms with Gasteiger partial charge in [0.15, 0.2) is 0 Å². The number of nitrogens with one attached hydrogen (secondary N) is 1. The number of carbonyl (C=O) groups is 3. The van der Waals surface area contributed by atoms with Crippen molar-refractivity contribution in [2.45, 2.75) is 18.4 Å². The van der Waals surface area contributed by atoms with Crippen molar-refractivity contribution in [1.82, 2.24) is 10.3 Å². The van der Waals surface area contributed by atoms with Gasteiger partial charge in [-0.25, -0.2) is 9.59 Å². The number of carboxylic acids is 1. The van der Waals surface area contributed by atoms with Gasteiger partial charge in [-0.3, -0.25) is 9.78 Å². The third-order valence-electron chi connectivity index (χ3n) is 5.75. The number of hydrogen-bond donors (Lipinski definition) is 2. The Morgan fingerprint density at radius 2 is 1.69 bits per heavy atom. The molecule has 0 saturated carbocycles. The van der Waals surface area contributed by atoms with Gasteiger partial charge < -0.3 is 19.9 Å². The molecule has 1 heterocycles. The van der Waals surface area contributed by atoms with Gasteiger partial charge in [0.2, 0.25) is 0 Å². The number of nitrogens with zero attached hydrogens (tertiary/aromatic N) is 1. The zero-order chi connectivity index (χ0) is 24.8. The standard InChI is InChI=1S/C27H24N2O6/c1-2-13-34-25(30)15-24(23-14-17(26(31)32)11-12-28-23)29-27(33)35-16-22-20-9-5-3-7-18(20)19-8-4-6-10-21(19)22/h2-12,14,22,24H,1,13,15-16H2,(H,29,33)(H,31,32). The van der Waals surface area contributed by atoms with Crippen molar-refractivity contribution >= 4 is 18.0 Å². The molecule has 1 unspecified atom stereocenters. The average molecular weight is 472 g/mol. The van der Waals surface area contributed by atoms with Gasteiger partial charge in [0, 0.05) is 12.1 Å². The first kappa shape index (κ1) is 23.7. The average Bonchev–Trinajstić information content (AvgIpc) is 3.19. The summed E-state index contributed by atoms with van der Waals surface area (Å²) < 4.78 is 10.6. The number of carboxylic acid groups (broad SMARTS) is 1. The van der Waals surface area contributed by atoms with Crippen LogP contribution in [0.15, 0.2) is 79.5 Å². The van der Waals surface area contributed by atoms with Gasteiger partial charge in [-0.15, -0.1) is 0 Å². The summed E-state index contributed by atoms with van der Waals surface area (Å²) in [7, 11) is 0. The molecule has 0 saturated heterocycles. The summed E-state index contributed by atoms with van der Waals surface area (Å²) >= 11 is 0. The van der Waals surface area contributed by atoms with E-state index >= 15 is 0 Å². The van der Waals surface area contributed by atoms with Gasteiger partial charge in [0.1, 0.15) is 13.2 Å². The number of pyridine rings is 1. The van der Waals surface area contributed by atoms with E-state index in [0.717, 1.165) is 22.3 Å². The predicted molar refractivity (Wildman–Crippen MR) is 128 cm³/mol. The Kier molecular flexibility index (Phi) is 7.21. The monoisotopic (exact) mass is 472 g/mol. The van der Waals surface area contributed by atoms with Crippen molar-refractivity contribution in [2.24, 2.45) is 0 Å². The number of benzene rings is 2. The van der Waals surface area contributed by atoms with E-state index in [1.54, 1.807) is 0 Å². The summed E-state index contributed by atoms with van der Waals surface area (Å²) in [5.41, 5.74) is 4.54. The lowest BCUT2D eigenvalue weighted by Gasteiger charge is -2.19. The number of rotatable bonds is 9. The normalized spacial score (nSPS) is 12.7. The van der Waals surface area contributed by atoms with Gasteiger partial charge >= 0.3 is 18.0 Å². The molecule has 1 aliphatic carbocycles. The second-order valence-corrected chi connectivity index (χ2v) is 7.97. The summed E-state index contributed by atoms with van der Waals surface area (Å²) in [5.74, 6) is -1.88. The van der Waals surface area contributed by atoms with E-state index in [1.165, 1.54) is 24.4 Å². The molecule has 1 aromatic heterocycles. The quantitative estimate of drug-likeness (QED) is 0.349. The highest BCUT2D eigenvalue weighted by molar-refractivity contribution is 5.87. The van der Waals surface area contributed by atoms with Gasteiger partial charge in [-0.1, -0.05) is 61.2 Å². The number of hydrogen-bond acceptors (Lipinski definition) is 6. The fourth-order valence-corrected chi connectivity index (χ4v) is 4.16. The molecular formula is C27H24N2O6. The third-order valence-corrected chi connectivity index (χ3v) is 5.75. The molecule has 0 fully saturated rings. The fourth-order valence-electron chi connectivity index (χ4n) is 4.16. The van der Waals surface area contributed by atoms with Crippen LogP contribution in [0.2, 0.25) is 0 Å². The van der Waals surface area contributed by atoms with Crippen molar-refractivity contribution in [3.05, 3.63) is 102 Å². The van der Waals surface area contributed by atoms with Crippen molar-refractivity contribution < 1.29 is 29.0 Å². The van der Waals surface area contributed by atoms with E-state index in [4.69, 9.17) is 9.47 Å². The number of alkyl carbamates (subject to hydrolysis) is 1. The van der Waals surface area contributed by atoms with Crippen LogP contribution in [0.3, 0.4) is 0 Å². The lowest BCUT2D eigenvalue weighted by atomic mass is 9.98. The highest BCUT2D eigenvalue weighted by Crippen LogP contribution is 2.44.